The van der Waals surface area contributed by atoms with Gasteiger partial charge in [-0.15, -0.1) is 0 Å². The second-order valence-corrected chi connectivity index (χ2v) is 8.34. The lowest BCUT2D eigenvalue weighted by Crippen LogP contribution is -2.43. The predicted octanol–water partition coefficient (Wildman–Crippen LogP) is 2.37. The van der Waals surface area contributed by atoms with Gasteiger partial charge in [0.25, 0.3) is 11.8 Å². The predicted molar refractivity (Wildman–Crippen MR) is 108 cm³/mol. The number of fused-ring (bicyclic) bond motifs is 1. The minimum Gasteiger partial charge on any atom is -0.356 e. The summed E-state index contributed by atoms with van der Waals surface area (Å²) in [6, 6.07) is 6.99. The molecule has 0 unspecified atom stereocenters. The molecular formula is C19H28N4O2S. The van der Waals surface area contributed by atoms with Gasteiger partial charge < -0.3 is 10.6 Å². The normalized spacial score (nSPS) is 14.6. The number of benzene rings is 1. The van der Waals surface area contributed by atoms with Crippen molar-refractivity contribution in [1.82, 2.24) is 15.5 Å². The summed E-state index contributed by atoms with van der Waals surface area (Å²) in [5.41, 5.74) is 1.02. The highest BCUT2D eigenvalue weighted by Crippen LogP contribution is 2.22. The van der Waals surface area contributed by atoms with Crippen LogP contribution in [0, 0.1) is 0 Å². The summed E-state index contributed by atoms with van der Waals surface area (Å²) in [7, 11) is 1.75. The molecule has 0 atom stereocenters. The maximum absolute atomic E-state index is 12.3. The Morgan fingerprint density at radius 2 is 1.73 bits per heavy atom. The van der Waals surface area contributed by atoms with Gasteiger partial charge in [0.05, 0.1) is 11.1 Å². The van der Waals surface area contributed by atoms with Gasteiger partial charge in [-0.2, -0.15) is 11.8 Å². The quantitative estimate of drug-likeness (QED) is 0.315. The molecule has 1 aromatic rings. The molecule has 0 radical (unpaired) electrons. The van der Waals surface area contributed by atoms with Crippen LogP contribution >= 0.6 is 11.8 Å². The summed E-state index contributed by atoms with van der Waals surface area (Å²) < 4.78 is 0.142. The number of amides is 2. The third-order valence-corrected chi connectivity index (χ3v) is 5.69. The summed E-state index contributed by atoms with van der Waals surface area (Å²) >= 11 is 1.81. The number of hydrogen-bond donors (Lipinski definition) is 2. The topological polar surface area (TPSA) is 73.8 Å². The average molecular weight is 377 g/mol. The third kappa shape index (κ3) is 5.00. The number of unbranched alkanes of at least 4 members (excludes halogenated alkanes) is 1. The lowest BCUT2D eigenvalue weighted by molar-refractivity contribution is 0.0652. The first-order chi connectivity index (χ1) is 12.4. The van der Waals surface area contributed by atoms with Crippen molar-refractivity contribution in [1.29, 1.82) is 0 Å². The molecule has 6 nitrogen and oxygen atoms in total. The molecule has 2 N–H and O–H groups in total. The molecule has 26 heavy (non-hydrogen) atoms. The molecule has 1 aromatic carbocycles. The maximum atomic E-state index is 12.3. The van der Waals surface area contributed by atoms with Gasteiger partial charge in [0.15, 0.2) is 5.96 Å². The van der Waals surface area contributed by atoms with Crippen LogP contribution in [0.4, 0.5) is 0 Å². The zero-order valence-corrected chi connectivity index (χ0v) is 16.8. The van der Waals surface area contributed by atoms with Gasteiger partial charge in [-0.3, -0.25) is 19.5 Å². The van der Waals surface area contributed by atoms with Gasteiger partial charge in [0.1, 0.15) is 0 Å². The first kappa shape index (κ1) is 20.3. The molecule has 0 aromatic heterocycles. The molecule has 1 aliphatic heterocycles. The number of nitrogens with one attached hydrogen (secondary N) is 2. The Hall–Kier alpha value is -2.02. The van der Waals surface area contributed by atoms with Gasteiger partial charge in [-0.05, 0) is 45.1 Å². The molecule has 1 heterocycles. The molecule has 2 amide bonds. The monoisotopic (exact) mass is 376 g/mol. The molecule has 0 bridgehead atoms. The van der Waals surface area contributed by atoms with Crippen molar-refractivity contribution in [2.24, 2.45) is 4.99 Å². The van der Waals surface area contributed by atoms with E-state index < -0.39 is 0 Å². The fraction of sp³-hybridized carbons (Fsp3) is 0.526. The standard InChI is InChI=1S/C19H28N4O2S/c1-19(2,26-4)13-22-18(20-3)21-11-7-8-12-23-16(24)14-9-5-6-10-15(14)17(23)25/h5-6,9-10H,7-8,11-13H2,1-4H3,(H2,20,21,22). The molecule has 1 aliphatic rings. The molecule has 0 spiro atoms. The second-order valence-electron chi connectivity index (χ2n) is 6.83. The minimum atomic E-state index is -0.185. The van der Waals surface area contributed by atoms with E-state index in [0.717, 1.165) is 31.9 Å². The van der Waals surface area contributed by atoms with E-state index in [1.165, 1.54) is 4.90 Å². The van der Waals surface area contributed by atoms with E-state index in [0.29, 0.717) is 17.7 Å². The first-order valence-corrected chi connectivity index (χ1v) is 10.1. The molecule has 142 valence electrons. The SMILES string of the molecule is CN=C(NCCCCN1C(=O)c2ccccc2C1=O)NCC(C)(C)SC. The average Bonchev–Trinajstić information content (AvgIpc) is 2.89. The van der Waals surface area contributed by atoms with E-state index in [2.05, 4.69) is 35.7 Å². The number of carbonyl (C=O) groups is 2. The Balaban J connectivity index is 1.71. The van der Waals surface area contributed by atoms with Crippen LogP contribution in [0.5, 0.6) is 0 Å². The summed E-state index contributed by atoms with van der Waals surface area (Å²) in [4.78, 5) is 30.1. The lowest BCUT2D eigenvalue weighted by Gasteiger charge is -2.23. The van der Waals surface area contributed by atoms with Crippen molar-refractivity contribution in [3.63, 3.8) is 0 Å². The number of carbonyl (C=O) groups excluding carboxylic acids is 2. The van der Waals surface area contributed by atoms with Crippen LogP contribution < -0.4 is 10.6 Å². The lowest BCUT2D eigenvalue weighted by atomic mass is 10.1. The maximum Gasteiger partial charge on any atom is 0.261 e. The molecule has 0 saturated carbocycles. The van der Waals surface area contributed by atoms with Crippen LogP contribution in [0.25, 0.3) is 0 Å². The van der Waals surface area contributed by atoms with Crippen LogP contribution in [0.15, 0.2) is 29.3 Å². The van der Waals surface area contributed by atoms with Crippen LogP contribution in [0.3, 0.4) is 0 Å². The number of thioether (sulfide) groups is 1. The van der Waals surface area contributed by atoms with Crippen LogP contribution in [-0.2, 0) is 0 Å². The van der Waals surface area contributed by atoms with Gasteiger partial charge in [0.2, 0.25) is 0 Å². The molecular weight excluding hydrogens is 348 g/mol. The number of aliphatic imine (C=N–C) groups is 1. The molecule has 0 saturated heterocycles. The smallest absolute Gasteiger partial charge is 0.261 e. The Bertz CT molecular complexity index is 653. The highest BCUT2D eigenvalue weighted by atomic mass is 32.2. The first-order valence-electron chi connectivity index (χ1n) is 8.84. The number of nitrogens with zero attached hydrogens (tertiary/aromatic N) is 2. The Morgan fingerprint density at radius 3 is 2.27 bits per heavy atom. The molecule has 0 aliphatic carbocycles. The fourth-order valence-electron chi connectivity index (χ4n) is 2.63. The van der Waals surface area contributed by atoms with E-state index in [1.807, 2.05) is 0 Å². The summed E-state index contributed by atoms with van der Waals surface area (Å²) in [6.07, 6.45) is 3.70. The summed E-state index contributed by atoms with van der Waals surface area (Å²) in [5, 5.41) is 6.59. The van der Waals surface area contributed by atoms with E-state index in [4.69, 9.17) is 0 Å². The minimum absolute atomic E-state index is 0.142. The van der Waals surface area contributed by atoms with Gasteiger partial charge in [-0.1, -0.05) is 12.1 Å². The Labute approximate surface area is 159 Å². The highest BCUT2D eigenvalue weighted by molar-refractivity contribution is 7.99. The molecule has 0 fully saturated rings. The molecule has 2 rings (SSSR count). The van der Waals surface area contributed by atoms with Gasteiger partial charge >= 0.3 is 0 Å². The van der Waals surface area contributed by atoms with Crippen molar-refractivity contribution in [2.75, 3.05) is 32.9 Å². The van der Waals surface area contributed by atoms with Crippen LogP contribution in [0.1, 0.15) is 47.4 Å². The number of hydrogen-bond acceptors (Lipinski definition) is 4. The summed E-state index contributed by atoms with van der Waals surface area (Å²) in [5.74, 6) is 0.401. The van der Waals surface area contributed by atoms with Gasteiger partial charge in [0, 0.05) is 31.4 Å². The van der Waals surface area contributed by atoms with Crippen LogP contribution in [-0.4, -0.2) is 60.4 Å². The van der Waals surface area contributed by atoms with E-state index >= 15 is 0 Å². The third-order valence-electron chi connectivity index (χ3n) is 4.44. The van der Waals surface area contributed by atoms with E-state index in [1.54, 1.807) is 43.1 Å². The zero-order chi connectivity index (χ0) is 19.2. The van der Waals surface area contributed by atoms with Crippen LogP contribution in [0.2, 0.25) is 0 Å². The second kappa shape index (κ2) is 9.07. The number of imide groups is 1. The van der Waals surface area contributed by atoms with Crippen molar-refractivity contribution < 1.29 is 9.59 Å². The largest absolute Gasteiger partial charge is 0.356 e. The zero-order valence-electron chi connectivity index (χ0n) is 16.0. The summed E-state index contributed by atoms with van der Waals surface area (Å²) in [6.45, 7) is 6.37. The van der Waals surface area contributed by atoms with Crippen molar-refractivity contribution in [2.45, 2.75) is 31.4 Å². The number of rotatable bonds is 8. The number of guanidine groups is 1. The molecule has 7 heteroatoms. The van der Waals surface area contributed by atoms with E-state index in [-0.39, 0.29) is 16.6 Å². The van der Waals surface area contributed by atoms with Crippen molar-refractivity contribution in [3.05, 3.63) is 35.4 Å². The Kier molecular flexibility index (Phi) is 7.08. The Morgan fingerprint density at radius 1 is 1.12 bits per heavy atom. The van der Waals surface area contributed by atoms with Crippen molar-refractivity contribution >= 4 is 29.5 Å². The van der Waals surface area contributed by atoms with Crippen molar-refractivity contribution in [3.8, 4) is 0 Å². The highest BCUT2D eigenvalue weighted by Gasteiger charge is 2.34. The van der Waals surface area contributed by atoms with Gasteiger partial charge in [-0.25, -0.2) is 0 Å². The van der Waals surface area contributed by atoms with E-state index in [9.17, 15) is 9.59 Å². The fourth-order valence-corrected chi connectivity index (χ4v) is 2.85.